The van der Waals surface area contributed by atoms with Gasteiger partial charge in [-0.15, -0.1) is 0 Å². The molecular weight excluding hydrogens is 369 g/mol. The van der Waals surface area contributed by atoms with E-state index in [2.05, 4.69) is 25.3 Å². The van der Waals surface area contributed by atoms with Crippen molar-refractivity contribution in [3.8, 4) is 5.75 Å². The molecule has 1 aromatic carbocycles. The predicted octanol–water partition coefficient (Wildman–Crippen LogP) is 3.38. The fourth-order valence-corrected chi connectivity index (χ4v) is 2.30. The summed E-state index contributed by atoms with van der Waals surface area (Å²) < 4.78 is 43.1. The fourth-order valence-electron chi connectivity index (χ4n) is 2.19. The standard InChI is InChI=1S/C17H18ClF3N4O/c1-22-17(23-8-7-11-5-6-15(18)24-9-11)25-10-12-13(19)3-2-4-14(12)26-16(20)21/h2-6,9,16H,7-8,10H2,1H3,(H2,22,23,25). The molecule has 0 spiro atoms. The van der Waals surface area contributed by atoms with Crippen molar-refractivity contribution in [2.24, 2.45) is 4.99 Å². The molecule has 26 heavy (non-hydrogen) atoms. The number of benzene rings is 1. The minimum absolute atomic E-state index is 0.00217. The summed E-state index contributed by atoms with van der Waals surface area (Å²) in [6.07, 6.45) is 2.35. The van der Waals surface area contributed by atoms with E-state index in [0.717, 1.165) is 5.56 Å². The van der Waals surface area contributed by atoms with Crippen LogP contribution in [0.2, 0.25) is 5.15 Å². The van der Waals surface area contributed by atoms with Gasteiger partial charge in [-0.2, -0.15) is 8.78 Å². The first-order valence-electron chi connectivity index (χ1n) is 7.76. The molecule has 5 nitrogen and oxygen atoms in total. The molecule has 0 saturated heterocycles. The Bertz CT molecular complexity index is 741. The minimum Gasteiger partial charge on any atom is -0.434 e. The Labute approximate surface area is 154 Å². The third-order valence-electron chi connectivity index (χ3n) is 3.44. The van der Waals surface area contributed by atoms with Gasteiger partial charge in [0.15, 0.2) is 5.96 Å². The van der Waals surface area contributed by atoms with E-state index in [0.29, 0.717) is 24.1 Å². The highest BCUT2D eigenvalue weighted by Gasteiger charge is 2.14. The van der Waals surface area contributed by atoms with Crippen molar-refractivity contribution in [2.75, 3.05) is 13.6 Å². The van der Waals surface area contributed by atoms with Crippen LogP contribution in [0.1, 0.15) is 11.1 Å². The zero-order valence-corrected chi connectivity index (χ0v) is 14.7. The first-order chi connectivity index (χ1) is 12.5. The second kappa shape index (κ2) is 9.86. The van der Waals surface area contributed by atoms with Gasteiger partial charge in [0.05, 0.1) is 0 Å². The van der Waals surface area contributed by atoms with Gasteiger partial charge in [0.25, 0.3) is 0 Å². The number of aliphatic imine (C=N–C) groups is 1. The Kier molecular flexibility index (Phi) is 7.53. The molecule has 2 N–H and O–H groups in total. The molecule has 1 heterocycles. The molecule has 0 unspecified atom stereocenters. The van der Waals surface area contributed by atoms with Crippen LogP contribution in [-0.4, -0.2) is 31.1 Å². The Morgan fingerprint density at radius 1 is 1.27 bits per heavy atom. The Morgan fingerprint density at radius 3 is 2.73 bits per heavy atom. The summed E-state index contributed by atoms with van der Waals surface area (Å²) in [5.41, 5.74) is 0.983. The second-order valence-electron chi connectivity index (χ2n) is 5.19. The summed E-state index contributed by atoms with van der Waals surface area (Å²) in [5.74, 6) is -0.452. The topological polar surface area (TPSA) is 58.5 Å². The third-order valence-corrected chi connectivity index (χ3v) is 3.67. The molecule has 0 bridgehead atoms. The van der Waals surface area contributed by atoms with Crippen LogP contribution in [0.3, 0.4) is 0 Å². The van der Waals surface area contributed by atoms with Gasteiger partial charge in [-0.05, 0) is 30.2 Å². The highest BCUT2D eigenvalue weighted by molar-refractivity contribution is 6.29. The number of rotatable bonds is 7. The van der Waals surface area contributed by atoms with Gasteiger partial charge in [-0.1, -0.05) is 23.7 Å². The van der Waals surface area contributed by atoms with Gasteiger partial charge in [0.2, 0.25) is 0 Å². The molecule has 0 aliphatic heterocycles. The quantitative estimate of drug-likeness (QED) is 0.435. The van der Waals surface area contributed by atoms with Crippen molar-refractivity contribution in [3.05, 3.63) is 58.6 Å². The van der Waals surface area contributed by atoms with Crippen molar-refractivity contribution in [1.82, 2.24) is 15.6 Å². The normalized spacial score (nSPS) is 11.5. The van der Waals surface area contributed by atoms with Gasteiger partial charge in [-0.25, -0.2) is 9.37 Å². The third kappa shape index (κ3) is 6.11. The number of aromatic nitrogens is 1. The lowest BCUT2D eigenvalue weighted by molar-refractivity contribution is -0.0506. The van der Waals surface area contributed by atoms with Gasteiger partial charge in [0.1, 0.15) is 16.7 Å². The molecule has 0 radical (unpaired) electrons. The van der Waals surface area contributed by atoms with Gasteiger partial charge < -0.3 is 15.4 Å². The smallest absolute Gasteiger partial charge is 0.387 e. The maximum Gasteiger partial charge on any atom is 0.387 e. The van der Waals surface area contributed by atoms with Crippen LogP contribution >= 0.6 is 11.6 Å². The van der Waals surface area contributed by atoms with E-state index < -0.39 is 12.4 Å². The number of hydrogen-bond acceptors (Lipinski definition) is 3. The number of halogens is 4. The lowest BCUT2D eigenvalue weighted by Crippen LogP contribution is -2.38. The number of pyridine rings is 1. The molecule has 1 aromatic heterocycles. The number of hydrogen-bond donors (Lipinski definition) is 2. The zero-order chi connectivity index (χ0) is 18.9. The monoisotopic (exact) mass is 386 g/mol. The van der Waals surface area contributed by atoms with Crippen molar-refractivity contribution in [1.29, 1.82) is 0 Å². The SMILES string of the molecule is CN=C(NCCc1ccc(Cl)nc1)NCc1c(F)cccc1OC(F)F. The van der Waals surface area contributed by atoms with E-state index >= 15 is 0 Å². The van der Waals surface area contributed by atoms with E-state index in [1.54, 1.807) is 19.3 Å². The lowest BCUT2D eigenvalue weighted by Gasteiger charge is -2.15. The number of nitrogens with zero attached hydrogens (tertiary/aromatic N) is 2. The van der Waals surface area contributed by atoms with Crippen LogP contribution in [0.25, 0.3) is 0 Å². The number of alkyl halides is 2. The van der Waals surface area contributed by atoms with E-state index in [4.69, 9.17) is 11.6 Å². The van der Waals surface area contributed by atoms with Crippen molar-refractivity contribution < 1.29 is 17.9 Å². The molecule has 2 rings (SSSR count). The second-order valence-corrected chi connectivity index (χ2v) is 5.57. The maximum absolute atomic E-state index is 13.9. The minimum atomic E-state index is -3.03. The summed E-state index contributed by atoms with van der Waals surface area (Å²) >= 11 is 5.73. The van der Waals surface area contributed by atoms with E-state index in [1.165, 1.54) is 18.2 Å². The fraction of sp³-hybridized carbons (Fsp3) is 0.294. The number of ether oxygens (including phenoxy) is 1. The van der Waals surface area contributed by atoms with Crippen molar-refractivity contribution in [2.45, 2.75) is 19.6 Å². The molecule has 0 aliphatic carbocycles. The molecule has 0 fully saturated rings. The first-order valence-corrected chi connectivity index (χ1v) is 8.14. The van der Waals surface area contributed by atoms with Crippen molar-refractivity contribution in [3.63, 3.8) is 0 Å². The summed E-state index contributed by atoms with van der Waals surface area (Å²) in [4.78, 5) is 8.01. The maximum atomic E-state index is 13.9. The molecule has 0 amide bonds. The molecule has 140 valence electrons. The summed E-state index contributed by atoms with van der Waals surface area (Å²) in [5, 5.41) is 6.34. The summed E-state index contributed by atoms with van der Waals surface area (Å²) in [6, 6.07) is 7.34. The largest absolute Gasteiger partial charge is 0.434 e. The highest BCUT2D eigenvalue weighted by Crippen LogP contribution is 2.23. The first kappa shape index (κ1) is 19.8. The van der Waals surface area contributed by atoms with Gasteiger partial charge in [0, 0.05) is 31.9 Å². The summed E-state index contributed by atoms with van der Waals surface area (Å²) in [7, 11) is 1.55. The molecule has 0 saturated carbocycles. The zero-order valence-electron chi connectivity index (χ0n) is 14.0. The molecule has 0 atom stereocenters. The highest BCUT2D eigenvalue weighted by atomic mass is 35.5. The van der Waals surface area contributed by atoms with Crippen LogP contribution in [0.4, 0.5) is 13.2 Å². The number of guanidine groups is 1. The molecule has 2 aromatic rings. The van der Waals surface area contributed by atoms with Crippen LogP contribution < -0.4 is 15.4 Å². The lowest BCUT2D eigenvalue weighted by atomic mass is 10.2. The average molecular weight is 387 g/mol. The van der Waals surface area contributed by atoms with Gasteiger partial charge in [-0.3, -0.25) is 4.99 Å². The number of nitrogens with one attached hydrogen (secondary N) is 2. The van der Waals surface area contributed by atoms with E-state index in [9.17, 15) is 13.2 Å². The average Bonchev–Trinajstić information content (AvgIpc) is 2.60. The molecular formula is C17H18ClF3N4O. The molecule has 9 heteroatoms. The Hall–Kier alpha value is -2.48. The van der Waals surface area contributed by atoms with Gasteiger partial charge >= 0.3 is 6.61 Å². The van der Waals surface area contributed by atoms with Crippen LogP contribution in [0.15, 0.2) is 41.5 Å². The Morgan fingerprint density at radius 2 is 2.08 bits per heavy atom. The van der Waals surface area contributed by atoms with Crippen LogP contribution in [0.5, 0.6) is 5.75 Å². The molecule has 0 aliphatic rings. The summed E-state index contributed by atoms with van der Waals surface area (Å²) in [6.45, 7) is -2.54. The van der Waals surface area contributed by atoms with Crippen LogP contribution in [0, 0.1) is 5.82 Å². The van der Waals surface area contributed by atoms with Crippen molar-refractivity contribution >= 4 is 17.6 Å². The predicted molar refractivity (Wildman–Crippen MR) is 94.2 cm³/mol. The van der Waals surface area contributed by atoms with Crippen LogP contribution in [-0.2, 0) is 13.0 Å². The van der Waals surface area contributed by atoms with E-state index in [1.807, 2.05) is 6.07 Å². The van der Waals surface area contributed by atoms with E-state index in [-0.39, 0.29) is 17.9 Å². The Balaban J connectivity index is 1.90.